The molecule has 0 aliphatic carbocycles. The van der Waals surface area contributed by atoms with Gasteiger partial charge in [-0.1, -0.05) is 12.1 Å². The molecule has 0 aromatic heterocycles. The predicted molar refractivity (Wildman–Crippen MR) is 125 cm³/mol. The number of sulfonamides is 1. The molecule has 1 atom stereocenters. The minimum Gasteiger partial charge on any atom is -0.495 e. The molecule has 1 heterocycles. The Kier molecular flexibility index (Phi) is 7.75. The highest BCUT2D eigenvalue weighted by atomic mass is 79.9. The highest BCUT2D eigenvalue weighted by molar-refractivity contribution is 9.10. The van der Waals surface area contributed by atoms with Crippen LogP contribution < -0.4 is 19.2 Å². The van der Waals surface area contributed by atoms with Gasteiger partial charge in [-0.05, 0) is 52.2 Å². The Hall–Kier alpha value is -2.63. The van der Waals surface area contributed by atoms with E-state index in [0.717, 1.165) is 0 Å². The molecule has 32 heavy (non-hydrogen) atoms. The molecule has 0 radical (unpaired) electrons. The van der Waals surface area contributed by atoms with Crippen LogP contribution in [0.5, 0.6) is 11.5 Å². The fourth-order valence-electron chi connectivity index (χ4n) is 3.33. The summed E-state index contributed by atoms with van der Waals surface area (Å²) in [5.41, 5.74) is 4.26. The number of hydrogen-bond donors (Lipinski definition) is 1. The molecule has 1 aliphatic heterocycles. The summed E-state index contributed by atoms with van der Waals surface area (Å²) in [5, 5.41) is 4.00. The lowest BCUT2D eigenvalue weighted by atomic mass is 10.1. The molecule has 2 aromatic carbocycles. The van der Waals surface area contributed by atoms with Crippen molar-refractivity contribution in [2.45, 2.75) is 12.5 Å². The van der Waals surface area contributed by atoms with Gasteiger partial charge in [0, 0.05) is 19.2 Å². The van der Waals surface area contributed by atoms with Crippen molar-refractivity contribution < 1.29 is 27.4 Å². The molecule has 2 aromatic rings. The van der Waals surface area contributed by atoms with Gasteiger partial charge in [0.1, 0.15) is 16.0 Å². The van der Waals surface area contributed by atoms with Gasteiger partial charge in [0.15, 0.2) is 6.10 Å². The SMILES string of the molecule is COc1cc(/C=N/NC(=O)C(OC)c2ccc(N3CCCS3(=O)=O)cc2)cc(OC)c1Br. The average molecular weight is 526 g/mol. The van der Waals surface area contributed by atoms with Crippen molar-refractivity contribution in [3.8, 4) is 11.5 Å². The second-order valence-electron chi connectivity index (χ2n) is 6.92. The van der Waals surface area contributed by atoms with Crippen molar-refractivity contribution in [2.75, 3.05) is 37.9 Å². The summed E-state index contributed by atoms with van der Waals surface area (Å²) in [6.45, 7) is 0.455. The molecular formula is C21H24BrN3O6S. The number of amides is 1. The standard InChI is InChI=1S/C21H24BrN3O6S/c1-29-17-11-14(12-18(30-2)19(17)22)13-23-24-21(26)20(31-3)15-5-7-16(8-6-15)25-9-4-10-32(25,27)28/h5-8,11-13,20H,4,9-10H2,1-3H3,(H,24,26)/b23-13+. The van der Waals surface area contributed by atoms with Gasteiger partial charge in [-0.15, -0.1) is 0 Å². The van der Waals surface area contributed by atoms with E-state index < -0.39 is 22.0 Å². The molecule has 1 saturated heterocycles. The molecule has 1 aliphatic rings. The van der Waals surface area contributed by atoms with Crippen molar-refractivity contribution in [1.82, 2.24) is 5.43 Å². The third kappa shape index (κ3) is 5.22. The zero-order chi connectivity index (χ0) is 23.3. The van der Waals surface area contributed by atoms with Gasteiger partial charge in [-0.2, -0.15) is 5.10 Å². The number of rotatable bonds is 8. The van der Waals surface area contributed by atoms with Gasteiger partial charge in [0.25, 0.3) is 5.91 Å². The largest absolute Gasteiger partial charge is 0.495 e. The van der Waals surface area contributed by atoms with E-state index in [-0.39, 0.29) is 5.75 Å². The summed E-state index contributed by atoms with van der Waals surface area (Å²) < 4.78 is 42.1. The van der Waals surface area contributed by atoms with Crippen molar-refractivity contribution in [3.05, 3.63) is 52.0 Å². The van der Waals surface area contributed by atoms with E-state index in [1.807, 2.05) is 0 Å². The third-order valence-electron chi connectivity index (χ3n) is 4.91. The van der Waals surface area contributed by atoms with E-state index in [1.54, 1.807) is 36.4 Å². The molecule has 0 bridgehead atoms. The zero-order valence-electron chi connectivity index (χ0n) is 17.9. The van der Waals surface area contributed by atoms with E-state index in [9.17, 15) is 13.2 Å². The van der Waals surface area contributed by atoms with Crippen molar-refractivity contribution in [1.29, 1.82) is 0 Å². The van der Waals surface area contributed by atoms with Gasteiger partial charge in [-0.25, -0.2) is 13.8 Å². The summed E-state index contributed by atoms with van der Waals surface area (Å²) in [4.78, 5) is 12.6. The van der Waals surface area contributed by atoms with Crippen LogP contribution in [0.2, 0.25) is 0 Å². The first-order chi connectivity index (χ1) is 15.3. The monoisotopic (exact) mass is 525 g/mol. The Balaban J connectivity index is 1.70. The highest BCUT2D eigenvalue weighted by Crippen LogP contribution is 2.35. The van der Waals surface area contributed by atoms with Crippen LogP contribution >= 0.6 is 15.9 Å². The maximum absolute atomic E-state index is 12.6. The first-order valence-electron chi connectivity index (χ1n) is 9.68. The Morgan fingerprint density at radius 2 is 1.78 bits per heavy atom. The fraction of sp³-hybridized carbons (Fsp3) is 0.333. The molecule has 9 nitrogen and oxygen atoms in total. The van der Waals surface area contributed by atoms with E-state index >= 15 is 0 Å². The quantitative estimate of drug-likeness (QED) is 0.419. The molecule has 0 spiro atoms. The van der Waals surface area contributed by atoms with Crippen LogP contribution in [-0.4, -0.2) is 54.2 Å². The maximum atomic E-state index is 12.6. The minimum absolute atomic E-state index is 0.145. The number of nitrogens with one attached hydrogen (secondary N) is 1. The molecule has 1 fully saturated rings. The van der Waals surface area contributed by atoms with Crippen molar-refractivity contribution in [2.24, 2.45) is 5.10 Å². The summed E-state index contributed by atoms with van der Waals surface area (Å²) in [7, 11) is 1.23. The third-order valence-corrected chi connectivity index (χ3v) is 7.56. The van der Waals surface area contributed by atoms with Crippen LogP contribution in [0.15, 0.2) is 46.0 Å². The fourth-order valence-corrected chi connectivity index (χ4v) is 5.45. The Labute approximate surface area is 195 Å². The number of benzene rings is 2. The number of anilines is 1. The van der Waals surface area contributed by atoms with Crippen LogP contribution in [0.3, 0.4) is 0 Å². The van der Waals surface area contributed by atoms with Gasteiger partial charge in [0.2, 0.25) is 10.0 Å². The summed E-state index contributed by atoms with van der Waals surface area (Å²) in [6, 6.07) is 10.2. The first kappa shape index (κ1) is 24.0. The Morgan fingerprint density at radius 1 is 1.16 bits per heavy atom. The van der Waals surface area contributed by atoms with Gasteiger partial charge in [0.05, 0.1) is 31.9 Å². The lowest BCUT2D eigenvalue weighted by molar-refractivity contribution is -0.131. The topological polar surface area (TPSA) is 107 Å². The number of ether oxygens (including phenoxy) is 3. The molecule has 1 unspecified atom stereocenters. The van der Waals surface area contributed by atoms with Crippen LogP contribution in [0.1, 0.15) is 23.7 Å². The number of hydrogen-bond acceptors (Lipinski definition) is 7. The number of carbonyl (C=O) groups excluding carboxylic acids is 1. The number of halogens is 1. The number of hydrazone groups is 1. The van der Waals surface area contributed by atoms with Gasteiger partial charge < -0.3 is 14.2 Å². The normalized spacial score (nSPS) is 16.2. The molecule has 3 rings (SSSR count). The van der Waals surface area contributed by atoms with Crippen molar-refractivity contribution >= 4 is 43.8 Å². The van der Waals surface area contributed by atoms with E-state index in [1.165, 1.54) is 31.8 Å². The number of nitrogens with zero attached hydrogens (tertiary/aromatic N) is 2. The maximum Gasteiger partial charge on any atom is 0.273 e. The van der Waals surface area contributed by atoms with E-state index in [4.69, 9.17) is 14.2 Å². The lowest BCUT2D eigenvalue weighted by Gasteiger charge is -2.19. The smallest absolute Gasteiger partial charge is 0.273 e. The van der Waals surface area contributed by atoms with Crippen molar-refractivity contribution in [3.63, 3.8) is 0 Å². The van der Waals surface area contributed by atoms with Crippen LogP contribution in [0.25, 0.3) is 0 Å². The number of carbonyl (C=O) groups is 1. The Bertz CT molecular complexity index is 1080. The lowest BCUT2D eigenvalue weighted by Crippen LogP contribution is -2.27. The second-order valence-corrected chi connectivity index (χ2v) is 9.73. The minimum atomic E-state index is -3.26. The number of methoxy groups -OCH3 is 3. The highest BCUT2D eigenvalue weighted by Gasteiger charge is 2.28. The molecule has 1 N–H and O–H groups in total. The molecule has 0 saturated carbocycles. The Morgan fingerprint density at radius 3 is 2.28 bits per heavy atom. The van der Waals surface area contributed by atoms with E-state index in [2.05, 4.69) is 26.5 Å². The second kappa shape index (κ2) is 10.3. The summed E-state index contributed by atoms with van der Waals surface area (Å²) in [6.07, 6.45) is 1.15. The van der Waals surface area contributed by atoms with Gasteiger partial charge in [-0.3, -0.25) is 9.10 Å². The van der Waals surface area contributed by atoms with Gasteiger partial charge >= 0.3 is 0 Å². The van der Waals surface area contributed by atoms with Crippen LogP contribution in [-0.2, 0) is 19.6 Å². The molecule has 1 amide bonds. The first-order valence-corrected chi connectivity index (χ1v) is 12.1. The summed E-state index contributed by atoms with van der Waals surface area (Å²) >= 11 is 3.40. The summed E-state index contributed by atoms with van der Waals surface area (Å²) in [5.74, 6) is 0.798. The molecular weight excluding hydrogens is 502 g/mol. The predicted octanol–water partition coefficient (Wildman–Crippen LogP) is 2.84. The van der Waals surface area contributed by atoms with Crippen LogP contribution in [0, 0.1) is 0 Å². The van der Waals surface area contributed by atoms with Crippen LogP contribution in [0.4, 0.5) is 5.69 Å². The zero-order valence-corrected chi connectivity index (χ0v) is 20.3. The van der Waals surface area contributed by atoms with E-state index in [0.29, 0.717) is 45.8 Å². The molecule has 11 heteroatoms. The average Bonchev–Trinajstić information content (AvgIpc) is 3.14. The molecule has 172 valence electrons.